The fraction of sp³-hybridized carbons (Fsp3) is 0.722. The van der Waals surface area contributed by atoms with Gasteiger partial charge in [0.2, 0.25) is 0 Å². The molecule has 134 valence electrons. The van der Waals surface area contributed by atoms with Crippen LogP contribution < -0.4 is 0 Å². The fourth-order valence-corrected chi connectivity index (χ4v) is 3.43. The number of β-amino-alcohol motifs (C(OH)–C–C–N with tert-alkyl or cyclic N) is 1. The molecule has 1 N–H and O–H groups in total. The van der Waals surface area contributed by atoms with Gasteiger partial charge in [0.15, 0.2) is 0 Å². The number of piperidine rings is 1. The third-order valence-corrected chi connectivity index (χ3v) is 4.18. The number of aryl methyl sites for hydroxylation is 1. The Balaban J connectivity index is 2.17. The first-order chi connectivity index (χ1) is 11.2. The number of nitrogens with zero attached hydrogens (tertiary/aromatic N) is 4. The Labute approximate surface area is 144 Å². The molecular weight excluding hydrogens is 304 g/mol. The largest absolute Gasteiger partial charge is 0.387 e. The molecule has 0 aliphatic carbocycles. The summed E-state index contributed by atoms with van der Waals surface area (Å²) in [5.41, 5.74) is 0.494. The number of aromatic nitrogens is 2. The highest BCUT2D eigenvalue weighted by molar-refractivity contribution is 5.92. The predicted octanol–water partition coefficient (Wildman–Crippen LogP) is 1.51. The van der Waals surface area contributed by atoms with Crippen LogP contribution in [0, 0.1) is 12.8 Å². The fourth-order valence-electron chi connectivity index (χ4n) is 3.43. The van der Waals surface area contributed by atoms with Gasteiger partial charge in [-0.2, -0.15) is 0 Å². The number of hydrogen-bond acceptors (Lipinski definition) is 5. The first kappa shape index (κ1) is 18.8. The third-order valence-electron chi connectivity index (χ3n) is 4.18. The molecule has 1 aromatic heterocycles. The zero-order valence-corrected chi connectivity index (χ0v) is 15.5. The molecule has 1 aliphatic rings. The molecule has 6 nitrogen and oxygen atoms in total. The highest BCUT2D eigenvalue weighted by Gasteiger charge is 2.36. The lowest BCUT2D eigenvalue weighted by atomic mass is 9.92. The topological polar surface area (TPSA) is 69.6 Å². The molecule has 0 aromatic carbocycles. The molecule has 0 spiro atoms. The van der Waals surface area contributed by atoms with Crippen molar-refractivity contribution in [1.29, 1.82) is 0 Å². The second kappa shape index (κ2) is 7.57. The maximum absolute atomic E-state index is 12.9. The summed E-state index contributed by atoms with van der Waals surface area (Å²) in [7, 11) is 3.87. The molecule has 1 fully saturated rings. The molecule has 0 bridgehead atoms. The molecule has 1 aliphatic heterocycles. The Hall–Kier alpha value is -1.53. The zero-order valence-electron chi connectivity index (χ0n) is 15.5. The smallest absolute Gasteiger partial charge is 0.272 e. The van der Waals surface area contributed by atoms with Crippen molar-refractivity contribution >= 4 is 5.91 Å². The minimum Gasteiger partial charge on any atom is -0.387 e. The zero-order chi connectivity index (χ0) is 17.9. The summed E-state index contributed by atoms with van der Waals surface area (Å²) in [5.74, 6) is 0.988. The van der Waals surface area contributed by atoms with Crippen molar-refractivity contribution in [2.45, 2.75) is 45.6 Å². The number of carbonyl (C=O) groups is 1. The van der Waals surface area contributed by atoms with Crippen LogP contribution in [0.25, 0.3) is 0 Å². The standard InChI is InChI=1S/C18H30N4O2/c1-13(2)9-15-10-16(20-14(3)19-15)17(23)22-8-6-7-18(24,12-22)11-21(4)5/h10,13,24H,6-9,11-12H2,1-5H3. The van der Waals surface area contributed by atoms with Gasteiger partial charge in [-0.15, -0.1) is 0 Å². The Morgan fingerprint density at radius 3 is 2.75 bits per heavy atom. The Morgan fingerprint density at radius 1 is 1.42 bits per heavy atom. The van der Waals surface area contributed by atoms with E-state index in [1.54, 1.807) is 11.0 Å². The summed E-state index contributed by atoms with van der Waals surface area (Å²) in [6.07, 6.45) is 2.35. The Morgan fingerprint density at radius 2 is 2.12 bits per heavy atom. The van der Waals surface area contributed by atoms with Crippen LogP contribution in [0.1, 0.15) is 48.7 Å². The van der Waals surface area contributed by atoms with Crippen molar-refractivity contribution in [2.24, 2.45) is 5.92 Å². The van der Waals surface area contributed by atoms with Gasteiger partial charge in [-0.05, 0) is 52.3 Å². The molecule has 1 atom stereocenters. The van der Waals surface area contributed by atoms with Gasteiger partial charge in [0.1, 0.15) is 11.5 Å². The van der Waals surface area contributed by atoms with Crippen molar-refractivity contribution in [3.63, 3.8) is 0 Å². The summed E-state index contributed by atoms with van der Waals surface area (Å²) < 4.78 is 0. The van der Waals surface area contributed by atoms with E-state index in [1.807, 2.05) is 25.9 Å². The van der Waals surface area contributed by atoms with E-state index >= 15 is 0 Å². The number of likely N-dealkylation sites (N-methyl/N-ethyl adjacent to an activating group) is 1. The van der Waals surface area contributed by atoms with E-state index in [-0.39, 0.29) is 5.91 Å². The molecule has 6 heteroatoms. The van der Waals surface area contributed by atoms with E-state index in [0.29, 0.717) is 37.1 Å². The molecule has 2 rings (SSSR count). The van der Waals surface area contributed by atoms with Crippen molar-refractivity contribution in [3.05, 3.63) is 23.3 Å². The van der Waals surface area contributed by atoms with Gasteiger partial charge >= 0.3 is 0 Å². The molecule has 1 amide bonds. The Kier molecular flexibility index (Phi) is 5.93. The second-order valence-corrected chi connectivity index (χ2v) is 7.68. The van der Waals surface area contributed by atoms with Gasteiger partial charge in [0.05, 0.1) is 12.1 Å². The van der Waals surface area contributed by atoms with Crippen LogP contribution in [-0.4, -0.2) is 70.1 Å². The van der Waals surface area contributed by atoms with Crippen molar-refractivity contribution in [1.82, 2.24) is 19.8 Å². The first-order valence-corrected chi connectivity index (χ1v) is 8.69. The van der Waals surface area contributed by atoms with Crippen molar-refractivity contribution in [2.75, 3.05) is 33.7 Å². The maximum atomic E-state index is 12.9. The Bertz CT molecular complexity index is 588. The van der Waals surface area contributed by atoms with Gasteiger partial charge in [-0.3, -0.25) is 4.79 Å². The highest BCUT2D eigenvalue weighted by atomic mass is 16.3. The van der Waals surface area contributed by atoms with Crippen LogP contribution in [0.5, 0.6) is 0 Å². The van der Waals surface area contributed by atoms with E-state index in [9.17, 15) is 9.90 Å². The van der Waals surface area contributed by atoms with Crippen LogP contribution in [0.15, 0.2) is 6.07 Å². The second-order valence-electron chi connectivity index (χ2n) is 7.68. The lowest BCUT2D eigenvalue weighted by molar-refractivity contribution is -0.0392. The monoisotopic (exact) mass is 334 g/mol. The molecule has 24 heavy (non-hydrogen) atoms. The SMILES string of the molecule is Cc1nc(CC(C)C)cc(C(=O)N2CCCC(O)(CN(C)C)C2)n1. The summed E-state index contributed by atoms with van der Waals surface area (Å²) in [6, 6.07) is 1.80. The van der Waals surface area contributed by atoms with E-state index in [0.717, 1.165) is 25.0 Å². The third kappa shape index (κ3) is 4.98. The van der Waals surface area contributed by atoms with Crippen LogP contribution in [0.2, 0.25) is 0 Å². The average Bonchev–Trinajstić information content (AvgIpc) is 2.43. The van der Waals surface area contributed by atoms with Gasteiger partial charge in [-0.1, -0.05) is 13.8 Å². The van der Waals surface area contributed by atoms with Gasteiger partial charge in [-0.25, -0.2) is 9.97 Å². The quantitative estimate of drug-likeness (QED) is 0.884. The van der Waals surface area contributed by atoms with E-state index in [4.69, 9.17) is 0 Å². The molecule has 1 unspecified atom stereocenters. The lowest BCUT2D eigenvalue weighted by Crippen LogP contribution is -2.54. The minimum atomic E-state index is -0.847. The number of amides is 1. The summed E-state index contributed by atoms with van der Waals surface area (Å²) in [5, 5.41) is 10.8. The molecule has 1 saturated heterocycles. The van der Waals surface area contributed by atoms with Crippen molar-refractivity contribution in [3.8, 4) is 0 Å². The van der Waals surface area contributed by atoms with Crippen LogP contribution in [0.4, 0.5) is 0 Å². The number of aliphatic hydroxyl groups is 1. The molecule has 0 radical (unpaired) electrons. The first-order valence-electron chi connectivity index (χ1n) is 8.69. The minimum absolute atomic E-state index is 0.109. The van der Waals surface area contributed by atoms with Crippen LogP contribution >= 0.6 is 0 Å². The van der Waals surface area contributed by atoms with E-state index < -0.39 is 5.60 Å². The van der Waals surface area contributed by atoms with Crippen LogP contribution in [0.3, 0.4) is 0 Å². The number of carbonyl (C=O) groups excluding carboxylic acids is 1. The van der Waals surface area contributed by atoms with Gasteiger partial charge in [0, 0.05) is 18.8 Å². The number of hydrogen-bond donors (Lipinski definition) is 1. The lowest BCUT2D eigenvalue weighted by Gasteiger charge is -2.40. The van der Waals surface area contributed by atoms with E-state index in [2.05, 4.69) is 23.8 Å². The van der Waals surface area contributed by atoms with Gasteiger partial charge < -0.3 is 14.9 Å². The van der Waals surface area contributed by atoms with Gasteiger partial charge in [0.25, 0.3) is 5.91 Å². The number of likely N-dealkylation sites (tertiary alicyclic amines) is 1. The van der Waals surface area contributed by atoms with E-state index in [1.165, 1.54) is 0 Å². The molecule has 1 aromatic rings. The summed E-state index contributed by atoms with van der Waals surface area (Å²) in [6.45, 7) is 7.65. The summed E-state index contributed by atoms with van der Waals surface area (Å²) >= 11 is 0. The average molecular weight is 334 g/mol. The number of rotatable bonds is 5. The maximum Gasteiger partial charge on any atom is 0.272 e. The summed E-state index contributed by atoms with van der Waals surface area (Å²) in [4.78, 5) is 25.3. The predicted molar refractivity (Wildman–Crippen MR) is 94.0 cm³/mol. The normalized spacial score (nSPS) is 21.6. The highest BCUT2D eigenvalue weighted by Crippen LogP contribution is 2.23. The van der Waals surface area contributed by atoms with Crippen LogP contribution in [-0.2, 0) is 6.42 Å². The molecule has 2 heterocycles. The molecular formula is C18H30N4O2. The van der Waals surface area contributed by atoms with Crippen molar-refractivity contribution < 1.29 is 9.90 Å². The molecule has 0 saturated carbocycles.